The highest BCUT2D eigenvalue weighted by molar-refractivity contribution is 5.94. The van der Waals surface area contributed by atoms with E-state index >= 15 is 0 Å². The van der Waals surface area contributed by atoms with Crippen LogP contribution in [0.1, 0.15) is 47.4 Å². The molecule has 2 aromatic carbocycles. The summed E-state index contributed by atoms with van der Waals surface area (Å²) in [7, 11) is 2.12. The molecule has 0 atom stereocenters. The summed E-state index contributed by atoms with van der Waals surface area (Å²) in [5.41, 5.74) is 2.79. The van der Waals surface area contributed by atoms with Gasteiger partial charge in [-0.1, -0.05) is 6.07 Å². The second-order valence-electron chi connectivity index (χ2n) is 7.78. The van der Waals surface area contributed by atoms with Gasteiger partial charge in [-0.05, 0) is 89.3 Å². The molecular weight excluding hydrogens is 378 g/mol. The van der Waals surface area contributed by atoms with Gasteiger partial charge in [0, 0.05) is 36.1 Å². The molecule has 1 aliphatic heterocycles. The quantitative estimate of drug-likeness (QED) is 0.746. The second-order valence-corrected chi connectivity index (χ2v) is 7.78. The zero-order chi connectivity index (χ0) is 21.7. The number of carbonyl (C=O) groups is 2. The molecule has 0 aliphatic carbocycles. The van der Waals surface area contributed by atoms with Crippen molar-refractivity contribution in [2.75, 3.05) is 38.1 Å². The van der Waals surface area contributed by atoms with E-state index < -0.39 is 5.97 Å². The van der Waals surface area contributed by atoms with Crippen LogP contribution in [-0.4, -0.2) is 66.1 Å². The van der Waals surface area contributed by atoms with E-state index in [-0.39, 0.29) is 17.5 Å². The highest BCUT2D eigenvalue weighted by Gasteiger charge is 2.25. The molecule has 1 aliphatic rings. The molecule has 30 heavy (non-hydrogen) atoms. The highest BCUT2D eigenvalue weighted by Crippen LogP contribution is 2.33. The minimum Gasteiger partial charge on any atom is -0.478 e. The zero-order valence-electron chi connectivity index (χ0n) is 18.0. The van der Waals surface area contributed by atoms with E-state index in [1.807, 2.05) is 44.2 Å². The van der Waals surface area contributed by atoms with E-state index in [0.717, 1.165) is 37.3 Å². The Morgan fingerprint density at radius 3 is 2.17 bits per heavy atom. The van der Waals surface area contributed by atoms with Crippen LogP contribution < -0.4 is 4.90 Å². The summed E-state index contributed by atoms with van der Waals surface area (Å²) < 4.78 is 0. The molecule has 160 valence electrons. The molecule has 2 aromatic rings. The zero-order valence-corrected chi connectivity index (χ0v) is 18.0. The number of hydrogen-bond acceptors (Lipinski definition) is 4. The van der Waals surface area contributed by atoms with Gasteiger partial charge in [0.1, 0.15) is 0 Å². The summed E-state index contributed by atoms with van der Waals surface area (Å²) in [6.45, 7) is 7.32. The van der Waals surface area contributed by atoms with Gasteiger partial charge in [-0.3, -0.25) is 4.79 Å². The van der Waals surface area contributed by atoms with E-state index in [1.54, 1.807) is 23.1 Å². The lowest BCUT2D eigenvalue weighted by Gasteiger charge is -2.39. The van der Waals surface area contributed by atoms with Crippen molar-refractivity contribution in [3.05, 3.63) is 59.7 Å². The van der Waals surface area contributed by atoms with Gasteiger partial charge in [0.05, 0.1) is 5.56 Å². The predicted molar refractivity (Wildman–Crippen MR) is 120 cm³/mol. The minimum atomic E-state index is -0.930. The number of likely N-dealkylation sites (tertiary alicyclic amines) is 1. The Morgan fingerprint density at radius 2 is 1.60 bits per heavy atom. The van der Waals surface area contributed by atoms with Gasteiger partial charge in [-0.25, -0.2) is 4.79 Å². The molecule has 1 heterocycles. The summed E-state index contributed by atoms with van der Waals surface area (Å²) >= 11 is 0. The number of piperidine rings is 1. The standard InChI is InChI=1S/C24H31N3O3/c1-4-26(5-2)23(28)18-9-11-20(12-10-18)27(21-13-15-25(3)16-14-21)22-8-6-7-19(17-22)24(29)30/h6-12,17,21H,4-5,13-16H2,1-3H3,(H,29,30). The fourth-order valence-electron chi connectivity index (χ4n) is 4.07. The predicted octanol–water partition coefficient (Wildman–Crippen LogP) is 4.10. The first-order valence-corrected chi connectivity index (χ1v) is 10.6. The number of carboxylic acids is 1. The molecule has 0 spiro atoms. The van der Waals surface area contributed by atoms with E-state index in [0.29, 0.717) is 18.7 Å². The summed E-state index contributed by atoms with van der Waals surface area (Å²) in [4.78, 5) is 30.5. The highest BCUT2D eigenvalue weighted by atomic mass is 16.4. The molecule has 1 fully saturated rings. The van der Waals surface area contributed by atoms with Crippen molar-refractivity contribution in [2.24, 2.45) is 0 Å². The molecule has 6 heteroatoms. The fraction of sp³-hybridized carbons (Fsp3) is 0.417. The van der Waals surface area contributed by atoms with Crippen LogP contribution in [0, 0.1) is 0 Å². The molecule has 3 rings (SSSR count). The summed E-state index contributed by atoms with van der Waals surface area (Å²) in [5, 5.41) is 9.44. The van der Waals surface area contributed by atoms with Crippen LogP contribution in [-0.2, 0) is 0 Å². The third-order valence-electron chi connectivity index (χ3n) is 5.87. The Labute approximate surface area is 178 Å². The Balaban J connectivity index is 1.95. The first-order valence-electron chi connectivity index (χ1n) is 10.6. The van der Waals surface area contributed by atoms with Crippen LogP contribution in [0.2, 0.25) is 0 Å². The first kappa shape index (κ1) is 21.8. The van der Waals surface area contributed by atoms with Crippen LogP contribution in [0.3, 0.4) is 0 Å². The van der Waals surface area contributed by atoms with Gasteiger partial charge < -0.3 is 19.8 Å². The monoisotopic (exact) mass is 409 g/mol. The van der Waals surface area contributed by atoms with Crippen LogP contribution in [0.5, 0.6) is 0 Å². The Bertz CT molecular complexity index is 870. The molecular formula is C24H31N3O3. The maximum absolute atomic E-state index is 12.7. The van der Waals surface area contributed by atoms with Crippen LogP contribution in [0.25, 0.3) is 0 Å². The third kappa shape index (κ3) is 4.82. The minimum absolute atomic E-state index is 0.0327. The molecule has 0 radical (unpaired) electrons. The van der Waals surface area contributed by atoms with Crippen molar-refractivity contribution in [1.82, 2.24) is 9.80 Å². The van der Waals surface area contributed by atoms with E-state index in [2.05, 4.69) is 16.8 Å². The fourth-order valence-corrected chi connectivity index (χ4v) is 4.07. The molecule has 0 bridgehead atoms. The van der Waals surface area contributed by atoms with Crippen LogP contribution >= 0.6 is 0 Å². The number of rotatable bonds is 7. The number of anilines is 2. The van der Waals surface area contributed by atoms with Crippen molar-refractivity contribution >= 4 is 23.3 Å². The molecule has 1 saturated heterocycles. The van der Waals surface area contributed by atoms with Crippen LogP contribution in [0.15, 0.2) is 48.5 Å². The lowest BCUT2D eigenvalue weighted by molar-refractivity contribution is 0.0696. The molecule has 0 saturated carbocycles. The molecule has 1 N–H and O–H groups in total. The third-order valence-corrected chi connectivity index (χ3v) is 5.87. The number of carbonyl (C=O) groups excluding carboxylic acids is 1. The summed E-state index contributed by atoms with van der Waals surface area (Å²) in [6.07, 6.45) is 1.99. The number of benzene rings is 2. The van der Waals surface area contributed by atoms with Gasteiger partial charge >= 0.3 is 5.97 Å². The van der Waals surface area contributed by atoms with Crippen molar-refractivity contribution in [3.8, 4) is 0 Å². The topological polar surface area (TPSA) is 64.1 Å². The maximum atomic E-state index is 12.7. The van der Waals surface area contributed by atoms with Crippen molar-refractivity contribution in [2.45, 2.75) is 32.7 Å². The Kier molecular flexibility index (Phi) is 7.11. The molecule has 0 aromatic heterocycles. The number of amides is 1. The lowest BCUT2D eigenvalue weighted by Crippen LogP contribution is -2.41. The smallest absolute Gasteiger partial charge is 0.335 e. The number of nitrogens with zero attached hydrogens (tertiary/aromatic N) is 3. The van der Waals surface area contributed by atoms with E-state index in [9.17, 15) is 14.7 Å². The summed E-state index contributed by atoms with van der Waals surface area (Å²) in [6, 6.07) is 15.1. The first-order chi connectivity index (χ1) is 14.4. The molecule has 0 unspecified atom stereocenters. The SMILES string of the molecule is CCN(CC)C(=O)c1ccc(N(c2cccc(C(=O)O)c2)C2CCN(C)CC2)cc1. The Hall–Kier alpha value is -2.86. The molecule has 1 amide bonds. The van der Waals surface area contributed by atoms with Crippen LogP contribution in [0.4, 0.5) is 11.4 Å². The number of carboxylic acid groups (broad SMARTS) is 1. The summed E-state index contributed by atoms with van der Waals surface area (Å²) in [5.74, 6) is -0.898. The van der Waals surface area contributed by atoms with Crippen molar-refractivity contribution in [1.29, 1.82) is 0 Å². The van der Waals surface area contributed by atoms with E-state index in [4.69, 9.17) is 0 Å². The number of aromatic carboxylic acids is 1. The van der Waals surface area contributed by atoms with Gasteiger partial charge in [0.15, 0.2) is 0 Å². The second kappa shape index (κ2) is 9.76. The average molecular weight is 410 g/mol. The van der Waals surface area contributed by atoms with Gasteiger partial charge in [0.2, 0.25) is 0 Å². The number of hydrogen-bond donors (Lipinski definition) is 1. The molecule has 6 nitrogen and oxygen atoms in total. The van der Waals surface area contributed by atoms with Gasteiger partial charge in [0.25, 0.3) is 5.91 Å². The lowest BCUT2D eigenvalue weighted by atomic mass is 10.0. The van der Waals surface area contributed by atoms with Crippen molar-refractivity contribution in [3.63, 3.8) is 0 Å². The average Bonchev–Trinajstić information content (AvgIpc) is 2.77. The maximum Gasteiger partial charge on any atom is 0.335 e. The van der Waals surface area contributed by atoms with Crippen molar-refractivity contribution < 1.29 is 14.7 Å². The van der Waals surface area contributed by atoms with E-state index in [1.165, 1.54) is 0 Å². The largest absolute Gasteiger partial charge is 0.478 e. The Morgan fingerprint density at radius 1 is 0.967 bits per heavy atom. The van der Waals surface area contributed by atoms with Gasteiger partial charge in [-0.2, -0.15) is 0 Å². The normalized spacial score (nSPS) is 15.0. The van der Waals surface area contributed by atoms with Gasteiger partial charge in [-0.15, -0.1) is 0 Å².